The summed E-state index contributed by atoms with van der Waals surface area (Å²) in [6, 6.07) is 21.1. The highest BCUT2D eigenvalue weighted by Gasteiger charge is 2.39. The number of carbonyl (C=O) groups is 1. The molecule has 0 atom stereocenters. The Morgan fingerprint density at radius 3 is 2.17 bits per heavy atom. The van der Waals surface area contributed by atoms with Gasteiger partial charge in [0.1, 0.15) is 17.4 Å². The average Bonchev–Trinajstić information content (AvgIpc) is 2.90. The molecule has 0 N–H and O–H groups in total. The Kier molecular flexibility index (Phi) is 8.36. The number of methoxy groups -OCH3 is 1. The third-order valence-corrected chi connectivity index (χ3v) is 7.33. The molecule has 0 saturated carbocycles. The molecule has 0 spiro atoms. The number of hydrogen-bond acceptors (Lipinski definition) is 3. The van der Waals surface area contributed by atoms with E-state index in [9.17, 15) is 13.6 Å². The van der Waals surface area contributed by atoms with Gasteiger partial charge in [-0.15, -0.1) is 0 Å². The van der Waals surface area contributed by atoms with Crippen LogP contribution in [0.2, 0.25) is 0 Å². The number of likely N-dealkylation sites (tertiary alicyclic amines) is 1. The maximum atomic E-state index is 14.0. The Morgan fingerprint density at radius 2 is 1.58 bits per heavy atom. The Hall–Kier alpha value is -3.25. The Bertz CT molecular complexity index is 1100. The SMILES string of the molecule is COc1cccc(CCN(C)C(CCN2CCCCC2=O)(c2ccc(F)cc2)c2ccc(F)cc2)c1. The van der Waals surface area contributed by atoms with E-state index < -0.39 is 5.54 Å². The lowest BCUT2D eigenvalue weighted by molar-refractivity contribution is -0.133. The Balaban J connectivity index is 1.72. The lowest BCUT2D eigenvalue weighted by Gasteiger charge is -2.45. The highest BCUT2D eigenvalue weighted by Crippen LogP contribution is 2.39. The van der Waals surface area contributed by atoms with Crippen molar-refractivity contribution in [3.05, 3.63) is 101 Å². The summed E-state index contributed by atoms with van der Waals surface area (Å²) in [6.07, 6.45) is 3.87. The highest BCUT2D eigenvalue weighted by molar-refractivity contribution is 5.76. The van der Waals surface area contributed by atoms with Crippen LogP contribution in [0.3, 0.4) is 0 Å². The normalized spacial score (nSPS) is 14.4. The van der Waals surface area contributed by atoms with Crippen LogP contribution in [0.1, 0.15) is 42.4 Å². The molecule has 1 aliphatic heterocycles. The third kappa shape index (κ3) is 5.76. The minimum Gasteiger partial charge on any atom is -0.497 e. The number of nitrogens with zero attached hydrogens (tertiary/aromatic N) is 2. The van der Waals surface area contributed by atoms with Gasteiger partial charge in [0.25, 0.3) is 0 Å². The fourth-order valence-corrected chi connectivity index (χ4v) is 5.25. The molecule has 1 saturated heterocycles. The molecule has 0 radical (unpaired) electrons. The van der Waals surface area contributed by atoms with Crippen molar-refractivity contribution >= 4 is 5.91 Å². The first-order valence-electron chi connectivity index (χ1n) is 12.6. The van der Waals surface area contributed by atoms with E-state index in [1.165, 1.54) is 24.3 Å². The minimum absolute atomic E-state index is 0.174. The molecule has 3 aromatic rings. The first-order valence-corrected chi connectivity index (χ1v) is 12.6. The van der Waals surface area contributed by atoms with E-state index in [4.69, 9.17) is 4.74 Å². The molecule has 190 valence electrons. The topological polar surface area (TPSA) is 32.8 Å². The molecule has 4 nitrogen and oxygen atoms in total. The summed E-state index contributed by atoms with van der Waals surface area (Å²) in [6.45, 7) is 2.00. The maximum Gasteiger partial charge on any atom is 0.222 e. The van der Waals surface area contributed by atoms with E-state index in [1.54, 1.807) is 31.4 Å². The van der Waals surface area contributed by atoms with Gasteiger partial charge in [-0.05, 0) is 85.8 Å². The van der Waals surface area contributed by atoms with Crippen LogP contribution < -0.4 is 4.74 Å². The number of piperidine rings is 1. The predicted molar refractivity (Wildman–Crippen MR) is 138 cm³/mol. The van der Waals surface area contributed by atoms with Crippen LogP contribution in [0.15, 0.2) is 72.8 Å². The van der Waals surface area contributed by atoms with E-state index in [1.807, 2.05) is 30.1 Å². The summed E-state index contributed by atoms with van der Waals surface area (Å²) in [5, 5.41) is 0. The van der Waals surface area contributed by atoms with Gasteiger partial charge in [-0.2, -0.15) is 0 Å². The second-order valence-electron chi connectivity index (χ2n) is 9.49. The molecular weight excluding hydrogens is 458 g/mol. The zero-order valence-electron chi connectivity index (χ0n) is 21.1. The number of rotatable bonds is 10. The summed E-state index contributed by atoms with van der Waals surface area (Å²) < 4.78 is 33.3. The van der Waals surface area contributed by atoms with E-state index in [-0.39, 0.29) is 17.5 Å². The first-order chi connectivity index (χ1) is 17.4. The predicted octanol–water partition coefficient (Wildman–Crippen LogP) is 5.79. The van der Waals surface area contributed by atoms with Crippen LogP contribution in [-0.2, 0) is 16.8 Å². The smallest absolute Gasteiger partial charge is 0.222 e. The zero-order chi connectivity index (χ0) is 25.5. The molecule has 1 fully saturated rings. The van der Waals surface area contributed by atoms with Crippen molar-refractivity contribution in [1.29, 1.82) is 0 Å². The number of carbonyl (C=O) groups excluding carboxylic acids is 1. The van der Waals surface area contributed by atoms with Crippen LogP contribution in [0.25, 0.3) is 0 Å². The lowest BCUT2D eigenvalue weighted by Crippen LogP contribution is -2.49. The molecule has 1 amide bonds. The van der Waals surface area contributed by atoms with Crippen LogP contribution in [0, 0.1) is 11.6 Å². The fourth-order valence-electron chi connectivity index (χ4n) is 5.25. The minimum atomic E-state index is -0.683. The van der Waals surface area contributed by atoms with Crippen LogP contribution in [0.5, 0.6) is 5.75 Å². The van der Waals surface area contributed by atoms with Crippen LogP contribution >= 0.6 is 0 Å². The lowest BCUT2D eigenvalue weighted by atomic mass is 9.78. The Labute approximate surface area is 212 Å². The maximum absolute atomic E-state index is 14.0. The number of ether oxygens (including phenoxy) is 1. The number of hydrogen-bond donors (Lipinski definition) is 0. The summed E-state index contributed by atoms with van der Waals surface area (Å²) in [7, 11) is 3.70. The molecule has 1 heterocycles. The average molecular weight is 493 g/mol. The van der Waals surface area contributed by atoms with Crippen molar-refractivity contribution in [1.82, 2.24) is 9.80 Å². The van der Waals surface area contributed by atoms with Gasteiger partial charge in [0.2, 0.25) is 5.91 Å². The van der Waals surface area contributed by atoms with Gasteiger partial charge >= 0.3 is 0 Å². The third-order valence-electron chi connectivity index (χ3n) is 7.33. The quantitative estimate of drug-likeness (QED) is 0.359. The molecular formula is C30H34F2N2O2. The van der Waals surface area contributed by atoms with Crippen molar-refractivity contribution in [2.24, 2.45) is 0 Å². The first kappa shape index (κ1) is 25.8. The van der Waals surface area contributed by atoms with E-state index in [0.29, 0.717) is 25.9 Å². The summed E-state index contributed by atoms with van der Waals surface area (Å²) in [4.78, 5) is 16.8. The molecule has 0 bridgehead atoms. The van der Waals surface area contributed by atoms with Gasteiger partial charge in [-0.1, -0.05) is 36.4 Å². The Morgan fingerprint density at radius 1 is 0.944 bits per heavy atom. The monoisotopic (exact) mass is 492 g/mol. The number of likely N-dealkylation sites (N-methyl/N-ethyl adjacent to an activating group) is 1. The van der Waals surface area contributed by atoms with Crippen molar-refractivity contribution < 1.29 is 18.3 Å². The highest BCUT2D eigenvalue weighted by atomic mass is 19.1. The second-order valence-corrected chi connectivity index (χ2v) is 9.49. The zero-order valence-corrected chi connectivity index (χ0v) is 21.1. The van der Waals surface area contributed by atoms with Gasteiger partial charge in [0.15, 0.2) is 0 Å². The molecule has 4 rings (SSSR count). The number of halogens is 2. The standard InChI is InChI=1S/C30H34F2N2O2/c1-33(20-17-23-6-5-7-28(22-23)36-2)30(24-9-13-26(31)14-10-24,25-11-15-27(32)16-12-25)18-21-34-19-4-3-8-29(34)35/h5-7,9-16,22H,3-4,8,17-21H2,1-2H3. The van der Waals surface area contributed by atoms with Gasteiger partial charge in [-0.25, -0.2) is 8.78 Å². The van der Waals surface area contributed by atoms with Crippen molar-refractivity contribution in [3.8, 4) is 5.75 Å². The van der Waals surface area contributed by atoms with Crippen molar-refractivity contribution in [2.45, 2.75) is 37.6 Å². The molecule has 0 unspecified atom stereocenters. The largest absolute Gasteiger partial charge is 0.497 e. The molecule has 0 aliphatic carbocycles. The van der Waals surface area contributed by atoms with E-state index >= 15 is 0 Å². The molecule has 3 aromatic carbocycles. The van der Waals surface area contributed by atoms with Crippen molar-refractivity contribution in [3.63, 3.8) is 0 Å². The van der Waals surface area contributed by atoms with Crippen LogP contribution in [-0.4, -0.2) is 49.5 Å². The molecule has 0 aromatic heterocycles. The van der Waals surface area contributed by atoms with E-state index in [2.05, 4.69) is 11.0 Å². The molecule has 6 heteroatoms. The number of benzene rings is 3. The van der Waals surface area contributed by atoms with Gasteiger partial charge in [-0.3, -0.25) is 9.69 Å². The second kappa shape index (κ2) is 11.7. The van der Waals surface area contributed by atoms with Crippen LogP contribution in [0.4, 0.5) is 8.78 Å². The molecule has 1 aliphatic rings. The van der Waals surface area contributed by atoms with Gasteiger partial charge < -0.3 is 9.64 Å². The van der Waals surface area contributed by atoms with E-state index in [0.717, 1.165) is 48.2 Å². The number of amides is 1. The molecule has 36 heavy (non-hydrogen) atoms. The summed E-state index contributed by atoms with van der Waals surface area (Å²) in [5.41, 5.74) is 2.28. The summed E-state index contributed by atoms with van der Waals surface area (Å²) in [5.74, 6) is 0.364. The summed E-state index contributed by atoms with van der Waals surface area (Å²) >= 11 is 0. The van der Waals surface area contributed by atoms with Gasteiger partial charge in [0, 0.05) is 26.1 Å². The van der Waals surface area contributed by atoms with Crippen molar-refractivity contribution in [2.75, 3.05) is 33.8 Å². The van der Waals surface area contributed by atoms with Gasteiger partial charge in [0.05, 0.1) is 12.6 Å². The fraction of sp³-hybridized carbons (Fsp3) is 0.367.